The number of hydrogen-bond acceptors (Lipinski definition) is 2. The van der Waals surface area contributed by atoms with Gasteiger partial charge < -0.3 is 0 Å². The molecule has 0 fully saturated rings. The summed E-state index contributed by atoms with van der Waals surface area (Å²) in [6, 6.07) is 0. The quantitative estimate of drug-likeness (QED) is 0.216. The molecule has 0 amide bonds. The van der Waals surface area contributed by atoms with Crippen molar-refractivity contribution in [3.63, 3.8) is 0 Å². The zero-order chi connectivity index (χ0) is 17.7. The molecule has 0 saturated heterocycles. The van der Waals surface area contributed by atoms with Crippen LogP contribution in [-0.2, 0) is 4.79 Å². The van der Waals surface area contributed by atoms with Gasteiger partial charge in [0.25, 0.3) is 0 Å². The number of rotatable bonds is 19. The molecule has 0 spiro atoms. The highest BCUT2D eigenvalue weighted by atomic mass is 32.2. The third-order valence-electron chi connectivity index (χ3n) is 4.73. The summed E-state index contributed by atoms with van der Waals surface area (Å²) in [7, 11) is 0. The summed E-state index contributed by atoms with van der Waals surface area (Å²) in [6.45, 7) is 4.21. The van der Waals surface area contributed by atoms with E-state index in [0.29, 0.717) is 5.12 Å². The molecule has 1 nitrogen and oxygen atoms in total. The summed E-state index contributed by atoms with van der Waals surface area (Å²) in [6.07, 6.45) is 24.4. The second-order valence-corrected chi connectivity index (χ2v) is 8.29. The van der Waals surface area contributed by atoms with E-state index in [2.05, 4.69) is 6.92 Å². The molecule has 24 heavy (non-hydrogen) atoms. The van der Waals surface area contributed by atoms with Crippen molar-refractivity contribution in [2.45, 2.75) is 129 Å². The molecule has 0 aliphatic heterocycles. The van der Waals surface area contributed by atoms with Gasteiger partial charge in [0.2, 0.25) is 0 Å². The molecule has 2 heteroatoms. The Balaban J connectivity index is 3.01. The molecule has 0 aliphatic rings. The summed E-state index contributed by atoms with van der Waals surface area (Å²) >= 11 is 1.36. The molecule has 0 atom stereocenters. The van der Waals surface area contributed by atoms with Crippen molar-refractivity contribution in [2.24, 2.45) is 0 Å². The van der Waals surface area contributed by atoms with E-state index in [4.69, 9.17) is 0 Å². The lowest BCUT2D eigenvalue weighted by atomic mass is 10.0. The molecular weight excluding hydrogens is 312 g/mol. The third kappa shape index (κ3) is 20.1. The van der Waals surface area contributed by atoms with Crippen molar-refractivity contribution in [2.75, 3.05) is 0 Å². The predicted molar refractivity (Wildman–Crippen MR) is 111 cm³/mol. The fourth-order valence-corrected chi connectivity index (χ4v) is 3.71. The first kappa shape index (κ1) is 24.0. The average Bonchev–Trinajstić information content (AvgIpc) is 2.58. The zero-order valence-corrected chi connectivity index (χ0v) is 17.4. The number of carbonyl (C=O) groups is 1. The molecule has 0 unspecified atom stereocenters. The van der Waals surface area contributed by atoms with Gasteiger partial charge in [-0.15, -0.1) is 0 Å². The molecule has 0 aromatic carbocycles. The number of unbranched alkanes of at least 4 members (excludes halogenated alkanes) is 16. The zero-order valence-electron chi connectivity index (χ0n) is 16.6. The van der Waals surface area contributed by atoms with E-state index in [1.54, 1.807) is 0 Å². The van der Waals surface area contributed by atoms with Crippen LogP contribution >= 0.6 is 11.8 Å². The highest BCUT2D eigenvalue weighted by Crippen LogP contribution is 2.15. The predicted octanol–water partition coefficient (Wildman–Crippen LogP) is 8.47. The minimum atomic E-state index is 0.332. The Morgan fingerprint density at radius 2 is 0.958 bits per heavy atom. The second-order valence-electron chi connectivity index (χ2n) is 7.13. The Morgan fingerprint density at radius 3 is 1.29 bits per heavy atom. The first-order valence-electron chi connectivity index (χ1n) is 10.8. The first-order chi connectivity index (χ1) is 11.8. The third-order valence-corrected chi connectivity index (χ3v) is 5.44. The van der Waals surface area contributed by atoms with Gasteiger partial charge in [0.1, 0.15) is 0 Å². The van der Waals surface area contributed by atoms with Crippen molar-refractivity contribution < 1.29 is 4.79 Å². The standard InChI is InChI=1S/C22H43OS/c1-3-5-6-7-8-9-10-11-12-13-14-15-16-17-18-19-20-21-22(23)24-4-2/h4H,3,5-21H2,1-2H3. The van der Waals surface area contributed by atoms with Gasteiger partial charge in [-0.25, -0.2) is 0 Å². The molecule has 0 N–H and O–H groups in total. The van der Waals surface area contributed by atoms with Crippen molar-refractivity contribution in [1.82, 2.24) is 0 Å². The highest BCUT2D eigenvalue weighted by molar-refractivity contribution is 8.15. The van der Waals surface area contributed by atoms with Gasteiger partial charge in [0, 0.05) is 12.2 Å². The van der Waals surface area contributed by atoms with E-state index in [-0.39, 0.29) is 0 Å². The number of hydrogen-bond donors (Lipinski definition) is 0. The maximum absolute atomic E-state index is 11.3. The maximum atomic E-state index is 11.3. The van der Waals surface area contributed by atoms with Gasteiger partial charge >= 0.3 is 0 Å². The lowest BCUT2D eigenvalue weighted by Crippen LogP contribution is -1.90. The number of carbonyl (C=O) groups excluding carboxylic acids is 1. The molecule has 0 aromatic heterocycles. The summed E-state index contributed by atoms with van der Waals surface area (Å²) in [4.78, 5) is 11.3. The van der Waals surface area contributed by atoms with Crippen LogP contribution in [0.5, 0.6) is 0 Å². The van der Waals surface area contributed by atoms with Crippen LogP contribution in [0.3, 0.4) is 0 Å². The fraction of sp³-hybridized carbons (Fsp3) is 0.909. The van der Waals surface area contributed by atoms with E-state index in [1.807, 2.05) is 12.7 Å². The first-order valence-corrected chi connectivity index (χ1v) is 11.7. The Morgan fingerprint density at radius 1 is 0.625 bits per heavy atom. The minimum absolute atomic E-state index is 0.332. The van der Waals surface area contributed by atoms with E-state index in [1.165, 1.54) is 114 Å². The van der Waals surface area contributed by atoms with Gasteiger partial charge in [-0.05, 0) is 6.42 Å². The summed E-state index contributed by atoms with van der Waals surface area (Å²) in [5.74, 6) is 1.88. The van der Waals surface area contributed by atoms with Crippen molar-refractivity contribution in [3.8, 4) is 0 Å². The van der Waals surface area contributed by atoms with E-state index in [0.717, 1.165) is 12.8 Å². The topological polar surface area (TPSA) is 17.1 Å². The van der Waals surface area contributed by atoms with E-state index >= 15 is 0 Å². The smallest absolute Gasteiger partial charge is 0.189 e. The lowest BCUT2D eigenvalue weighted by Gasteiger charge is -2.03. The molecule has 0 rings (SSSR count). The normalized spacial score (nSPS) is 11.1. The SMILES string of the molecule is C[CH]SC(=O)CCCCCCCCCCCCCCCCCCC. The monoisotopic (exact) mass is 355 g/mol. The molecule has 1 radical (unpaired) electrons. The second kappa shape index (κ2) is 21.1. The Labute approximate surface area is 157 Å². The molecule has 0 aliphatic carbocycles. The van der Waals surface area contributed by atoms with E-state index in [9.17, 15) is 4.79 Å². The van der Waals surface area contributed by atoms with Gasteiger partial charge in [-0.1, -0.05) is 128 Å². The largest absolute Gasteiger partial charge is 0.287 e. The van der Waals surface area contributed by atoms with Crippen LogP contribution in [0.1, 0.15) is 129 Å². The fourth-order valence-electron chi connectivity index (χ4n) is 3.18. The van der Waals surface area contributed by atoms with Crippen LogP contribution in [0, 0.1) is 5.75 Å². The van der Waals surface area contributed by atoms with Crippen molar-refractivity contribution in [1.29, 1.82) is 0 Å². The Kier molecular flexibility index (Phi) is 21.1. The van der Waals surface area contributed by atoms with Gasteiger partial charge in [-0.2, -0.15) is 0 Å². The van der Waals surface area contributed by atoms with Crippen LogP contribution in [0.2, 0.25) is 0 Å². The number of thioether (sulfide) groups is 1. The van der Waals surface area contributed by atoms with Crippen LogP contribution in [0.4, 0.5) is 0 Å². The summed E-state index contributed by atoms with van der Waals surface area (Å²) in [5, 5.41) is 0.332. The van der Waals surface area contributed by atoms with Crippen molar-refractivity contribution >= 4 is 16.9 Å². The molecule has 143 valence electrons. The molecule has 0 heterocycles. The van der Waals surface area contributed by atoms with Gasteiger partial charge in [-0.3, -0.25) is 4.79 Å². The maximum Gasteiger partial charge on any atom is 0.189 e. The van der Waals surface area contributed by atoms with Crippen LogP contribution in [-0.4, -0.2) is 5.12 Å². The van der Waals surface area contributed by atoms with Gasteiger partial charge in [0.05, 0.1) is 0 Å². The molecule has 0 saturated carbocycles. The lowest BCUT2D eigenvalue weighted by molar-refractivity contribution is -0.111. The average molecular weight is 356 g/mol. The highest BCUT2D eigenvalue weighted by Gasteiger charge is 2.00. The Hall–Kier alpha value is 0.0200. The molecule has 0 aromatic rings. The Bertz CT molecular complexity index is 252. The summed E-state index contributed by atoms with van der Waals surface area (Å²) < 4.78 is 0. The van der Waals surface area contributed by atoms with E-state index < -0.39 is 0 Å². The van der Waals surface area contributed by atoms with Crippen molar-refractivity contribution in [3.05, 3.63) is 5.75 Å². The van der Waals surface area contributed by atoms with Gasteiger partial charge in [0.15, 0.2) is 5.12 Å². The minimum Gasteiger partial charge on any atom is -0.287 e. The van der Waals surface area contributed by atoms with Crippen LogP contribution in [0.15, 0.2) is 0 Å². The molecular formula is C22H43OS. The van der Waals surface area contributed by atoms with Crippen LogP contribution in [0.25, 0.3) is 0 Å². The van der Waals surface area contributed by atoms with Crippen LogP contribution < -0.4 is 0 Å². The molecule has 0 bridgehead atoms. The summed E-state index contributed by atoms with van der Waals surface area (Å²) in [5.41, 5.74) is 0.